The predicted octanol–water partition coefficient (Wildman–Crippen LogP) is 3.78. The lowest BCUT2D eigenvalue weighted by Gasteiger charge is -2.10. The highest BCUT2D eigenvalue weighted by molar-refractivity contribution is 7.12. The number of pyridine rings is 1. The van der Waals surface area contributed by atoms with Gasteiger partial charge in [0, 0.05) is 25.0 Å². The lowest BCUT2D eigenvalue weighted by Crippen LogP contribution is -2.10. The molecular formula is C19H19N5O2S. The molecule has 0 saturated carbocycles. The van der Waals surface area contributed by atoms with Gasteiger partial charge in [-0.05, 0) is 12.1 Å². The molecule has 7 nitrogen and oxygen atoms in total. The van der Waals surface area contributed by atoms with Crippen molar-refractivity contribution in [3.05, 3.63) is 47.8 Å². The Labute approximate surface area is 160 Å². The van der Waals surface area contributed by atoms with Crippen LogP contribution in [0.5, 0.6) is 5.88 Å². The van der Waals surface area contributed by atoms with E-state index in [0.29, 0.717) is 17.3 Å². The van der Waals surface area contributed by atoms with Gasteiger partial charge in [-0.3, -0.25) is 4.79 Å². The van der Waals surface area contributed by atoms with Crippen LogP contribution in [0, 0.1) is 0 Å². The Bertz CT molecular complexity index is 1070. The number of carbonyl (C=O) groups is 1. The highest BCUT2D eigenvalue weighted by Crippen LogP contribution is 2.31. The quantitative estimate of drug-likeness (QED) is 0.490. The van der Waals surface area contributed by atoms with Crippen molar-refractivity contribution in [2.75, 3.05) is 19.0 Å². The van der Waals surface area contributed by atoms with Crippen LogP contribution in [0.4, 0.5) is 5.82 Å². The number of carbonyl (C=O) groups excluding carboxylic acids is 1. The van der Waals surface area contributed by atoms with Gasteiger partial charge in [-0.2, -0.15) is 14.8 Å². The first-order valence-corrected chi connectivity index (χ1v) is 8.74. The zero-order valence-corrected chi connectivity index (χ0v) is 15.0. The number of hydrogen-bond acceptors (Lipinski definition) is 7. The molecule has 0 fully saturated rings. The van der Waals surface area contributed by atoms with E-state index in [0.717, 1.165) is 22.5 Å². The molecule has 0 unspecified atom stereocenters. The molecular weight excluding hydrogens is 362 g/mol. The zero-order valence-electron chi connectivity index (χ0n) is 14.2. The number of benzene rings is 1. The minimum Gasteiger partial charge on any atom is -0.409 e. The van der Waals surface area contributed by atoms with E-state index in [1.807, 2.05) is 61.5 Å². The molecule has 27 heavy (non-hydrogen) atoms. The van der Waals surface area contributed by atoms with Crippen LogP contribution >= 0.6 is 11.3 Å². The van der Waals surface area contributed by atoms with Crippen LogP contribution in [0.25, 0.3) is 27.4 Å². The van der Waals surface area contributed by atoms with Crippen LogP contribution in [0.2, 0.25) is 0 Å². The van der Waals surface area contributed by atoms with E-state index in [9.17, 15) is 4.79 Å². The summed E-state index contributed by atoms with van der Waals surface area (Å²) in [6, 6.07) is 13.9. The Balaban J connectivity index is 0.00000210. The maximum Gasteiger partial charge on any atom is 0.299 e. The first-order chi connectivity index (χ1) is 12.7. The Morgan fingerprint density at radius 1 is 1.11 bits per heavy atom. The molecule has 0 aliphatic carbocycles. The molecule has 0 aliphatic heterocycles. The fourth-order valence-electron chi connectivity index (χ4n) is 2.63. The van der Waals surface area contributed by atoms with E-state index < -0.39 is 0 Å². The van der Waals surface area contributed by atoms with Crippen LogP contribution in [-0.4, -0.2) is 40.3 Å². The van der Waals surface area contributed by atoms with E-state index in [-0.39, 0.29) is 13.3 Å². The van der Waals surface area contributed by atoms with E-state index in [1.54, 1.807) is 10.1 Å². The molecule has 4 rings (SSSR count). The van der Waals surface area contributed by atoms with Crippen molar-refractivity contribution in [1.82, 2.24) is 19.7 Å². The second-order valence-electron chi connectivity index (χ2n) is 5.74. The van der Waals surface area contributed by atoms with Crippen LogP contribution in [0.15, 0.2) is 47.8 Å². The molecule has 1 aromatic carbocycles. The molecule has 8 heteroatoms. The lowest BCUT2D eigenvalue weighted by atomic mass is 10.1. The van der Waals surface area contributed by atoms with Gasteiger partial charge in [0.1, 0.15) is 11.5 Å². The molecule has 0 amide bonds. The minimum absolute atomic E-state index is 0. The summed E-state index contributed by atoms with van der Waals surface area (Å²) in [5.74, 6) is 1.06. The second kappa shape index (κ2) is 7.55. The van der Waals surface area contributed by atoms with Crippen molar-refractivity contribution in [3.63, 3.8) is 0 Å². The molecule has 138 valence electrons. The number of ether oxygens (including phenoxy) is 1. The number of aromatic nitrogens is 4. The van der Waals surface area contributed by atoms with E-state index in [2.05, 4.69) is 4.98 Å². The molecule has 3 heterocycles. The third-order valence-electron chi connectivity index (χ3n) is 3.84. The van der Waals surface area contributed by atoms with Gasteiger partial charge in [0.25, 0.3) is 6.47 Å². The average Bonchev–Trinajstić information content (AvgIpc) is 3.26. The largest absolute Gasteiger partial charge is 0.409 e. The summed E-state index contributed by atoms with van der Waals surface area (Å²) in [7, 11) is 3.87. The molecule has 0 spiro atoms. The van der Waals surface area contributed by atoms with Crippen LogP contribution in [0.1, 0.15) is 7.43 Å². The van der Waals surface area contributed by atoms with Gasteiger partial charge >= 0.3 is 0 Å². The summed E-state index contributed by atoms with van der Waals surface area (Å²) >= 11 is 1.33. The highest BCUT2D eigenvalue weighted by Gasteiger charge is 2.18. The Morgan fingerprint density at radius 2 is 1.89 bits per heavy atom. The van der Waals surface area contributed by atoms with E-state index in [4.69, 9.17) is 14.8 Å². The van der Waals surface area contributed by atoms with Crippen LogP contribution in [0.3, 0.4) is 0 Å². The first kappa shape index (κ1) is 18.5. The second-order valence-corrected chi connectivity index (χ2v) is 6.58. The Morgan fingerprint density at radius 3 is 2.59 bits per heavy atom. The number of thiazole rings is 1. The molecule has 0 aliphatic rings. The SMILES string of the molecule is C.CN(C)c1ccc2c(-c3ccccc3)nn(-c3nc(OC=O)cs3)c2n1. The number of anilines is 1. The van der Waals surface area contributed by atoms with Crippen molar-refractivity contribution in [2.24, 2.45) is 0 Å². The average molecular weight is 381 g/mol. The van der Waals surface area contributed by atoms with Crippen LogP contribution in [-0.2, 0) is 4.79 Å². The maximum atomic E-state index is 10.5. The number of nitrogens with zero attached hydrogens (tertiary/aromatic N) is 5. The summed E-state index contributed by atoms with van der Waals surface area (Å²) in [5, 5.41) is 7.91. The van der Waals surface area contributed by atoms with Crippen molar-refractivity contribution < 1.29 is 9.53 Å². The fourth-order valence-corrected chi connectivity index (χ4v) is 3.31. The van der Waals surface area contributed by atoms with Gasteiger partial charge in [-0.1, -0.05) is 49.1 Å². The highest BCUT2D eigenvalue weighted by atomic mass is 32.1. The molecule has 3 aromatic heterocycles. The smallest absolute Gasteiger partial charge is 0.299 e. The van der Waals surface area contributed by atoms with Gasteiger partial charge in [-0.25, -0.2) is 4.98 Å². The summed E-state index contributed by atoms with van der Waals surface area (Å²) in [4.78, 5) is 21.5. The lowest BCUT2D eigenvalue weighted by molar-refractivity contribution is -0.120. The Kier molecular flexibility index (Phi) is 5.18. The monoisotopic (exact) mass is 381 g/mol. The normalized spacial score (nSPS) is 10.4. The van der Waals surface area contributed by atoms with Gasteiger partial charge < -0.3 is 9.64 Å². The topological polar surface area (TPSA) is 73.1 Å². The fraction of sp³-hybridized carbons (Fsp3) is 0.158. The first-order valence-electron chi connectivity index (χ1n) is 7.86. The summed E-state index contributed by atoms with van der Waals surface area (Å²) in [6.07, 6.45) is 0. The molecule has 0 atom stereocenters. The van der Waals surface area contributed by atoms with E-state index in [1.165, 1.54) is 11.3 Å². The predicted molar refractivity (Wildman–Crippen MR) is 108 cm³/mol. The van der Waals surface area contributed by atoms with Crippen molar-refractivity contribution in [2.45, 2.75) is 7.43 Å². The van der Waals surface area contributed by atoms with Gasteiger partial charge in [0.15, 0.2) is 5.65 Å². The summed E-state index contributed by atoms with van der Waals surface area (Å²) < 4.78 is 6.51. The minimum atomic E-state index is 0. The van der Waals surface area contributed by atoms with Gasteiger partial charge in [-0.15, -0.1) is 0 Å². The third kappa shape index (κ3) is 3.39. The zero-order chi connectivity index (χ0) is 18.1. The molecule has 4 aromatic rings. The summed E-state index contributed by atoms with van der Waals surface area (Å²) in [6.45, 7) is 0.359. The van der Waals surface area contributed by atoms with Gasteiger partial charge in [0.05, 0.1) is 5.38 Å². The standard InChI is InChI=1S/C18H15N5O2S.CH4/c1-22(2)14-9-8-13-16(12-6-4-3-5-7-12)21-23(17(13)19-14)18-20-15(10-26-18)25-11-24;/h3-11H,1-2H3;1H4. The number of rotatable bonds is 5. The molecule has 0 N–H and O–H groups in total. The molecule has 0 saturated heterocycles. The van der Waals surface area contributed by atoms with Gasteiger partial charge in [0.2, 0.25) is 11.0 Å². The Hall–Kier alpha value is -3.26. The molecule has 0 bridgehead atoms. The van der Waals surface area contributed by atoms with Crippen molar-refractivity contribution >= 4 is 34.7 Å². The summed E-state index contributed by atoms with van der Waals surface area (Å²) in [5.41, 5.74) is 2.52. The molecule has 0 radical (unpaired) electrons. The third-order valence-corrected chi connectivity index (χ3v) is 4.64. The number of hydrogen-bond donors (Lipinski definition) is 0. The van der Waals surface area contributed by atoms with Crippen molar-refractivity contribution in [3.8, 4) is 22.3 Å². The number of fused-ring (bicyclic) bond motifs is 1. The maximum absolute atomic E-state index is 10.5. The van der Waals surface area contributed by atoms with E-state index >= 15 is 0 Å². The van der Waals surface area contributed by atoms with Crippen LogP contribution < -0.4 is 9.64 Å². The van der Waals surface area contributed by atoms with Crippen molar-refractivity contribution in [1.29, 1.82) is 0 Å².